The molecule has 1 aliphatic heterocycles. The van der Waals surface area contributed by atoms with Crippen molar-refractivity contribution in [2.75, 3.05) is 13.1 Å². The summed E-state index contributed by atoms with van der Waals surface area (Å²) in [7, 11) is 0. The third kappa shape index (κ3) is 4.28. The maximum Gasteiger partial charge on any atom is 0.293 e. The van der Waals surface area contributed by atoms with Gasteiger partial charge in [0, 0.05) is 24.2 Å². The van der Waals surface area contributed by atoms with Crippen LogP contribution in [0.15, 0.2) is 47.4 Å². The number of halogens is 2. The Morgan fingerprint density at radius 3 is 2.61 bits per heavy atom. The summed E-state index contributed by atoms with van der Waals surface area (Å²) in [6.07, 6.45) is 1.33. The van der Waals surface area contributed by atoms with Crippen molar-refractivity contribution in [2.45, 2.75) is 6.92 Å². The first kappa shape index (κ1) is 19.8. The van der Waals surface area contributed by atoms with Gasteiger partial charge in [0.2, 0.25) is 0 Å². The Morgan fingerprint density at radius 1 is 1.14 bits per heavy atom. The van der Waals surface area contributed by atoms with Crippen LogP contribution in [0.2, 0.25) is 0 Å². The van der Waals surface area contributed by atoms with E-state index in [1.807, 2.05) is 0 Å². The molecule has 3 amide bonds. The predicted octanol–water partition coefficient (Wildman–Crippen LogP) is 3.74. The van der Waals surface area contributed by atoms with Crippen molar-refractivity contribution >= 4 is 34.9 Å². The van der Waals surface area contributed by atoms with E-state index in [0.717, 1.165) is 11.0 Å². The molecule has 0 radical (unpaired) electrons. The minimum atomic E-state index is -0.547. The molecule has 5 nitrogen and oxygen atoms in total. The number of hydrogen-bond donors (Lipinski definition) is 1. The van der Waals surface area contributed by atoms with Gasteiger partial charge in [-0.25, -0.2) is 8.78 Å². The van der Waals surface area contributed by atoms with E-state index in [9.17, 15) is 23.2 Å². The second-order valence-electron chi connectivity index (χ2n) is 6.07. The molecule has 28 heavy (non-hydrogen) atoms. The largest absolute Gasteiger partial charge is 0.350 e. The fraction of sp³-hybridized carbons (Fsp3) is 0.150. The van der Waals surface area contributed by atoms with Gasteiger partial charge in [0.25, 0.3) is 17.1 Å². The topological polar surface area (TPSA) is 66.5 Å². The zero-order chi connectivity index (χ0) is 20.3. The lowest BCUT2D eigenvalue weighted by molar-refractivity contribution is -0.122. The number of nitrogens with zero attached hydrogens (tertiary/aromatic N) is 1. The molecule has 0 saturated carbocycles. The molecule has 0 spiro atoms. The summed E-state index contributed by atoms with van der Waals surface area (Å²) < 4.78 is 27.3. The molecule has 1 N–H and O–H groups in total. The van der Waals surface area contributed by atoms with Crippen molar-refractivity contribution in [3.8, 4) is 0 Å². The average Bonchev–Trinajstić information content (AvgIpc) is 2.93. The van der Waals surface area contributed by atoms with Gasteiger partial charge in [-0.15, -0.1) is 0 Å². The Morgan fingerprint density at radius 2 is 1.89 bits per heavy atom. The summed E-state index contributed by atoms with van der Waals surface area (Å²) >= 11 is 0.714. The average molecular weight is 402 g/mol. The fourth-order valence-electron chi connectivity index (χ4n) is 2.54. The highest BCUT2D eigenvalue weighted by Gasteiger charge is 2.34. The summed E-state index contributed by atoms with van der Waals surface area (Å²) in [5.41, 5.74) is 0.787. The first-order chi connectivity index (χ1) is 13.4. The normalized spacial score (nSPS) is 15.4. The van der Waals surface area contributed by atoms with Gasteiger partial charge in [-0.1, -0.05) is 24.3 Å². The molecule has 1 aliphatic rings. The molecule has 0 unspecified atom stereocenters. The highest BCUT2D eigenvalue weighted by molar-refractivity contribution is 8.18. The fourth-order valence-corrected chi connectivity index (χ4v) is 3.40. The lowest BCUT2D eigenvalue weighted by Crippen LogP contribution is -2.37. The Balaban J connectivity index is 1.61. The summed E-state index contributed by atoms with van der Waals surface area (Å²) in [4.78, 5) is 37.6. The van der Waals surface area contributed by atoms with Gasteiger partial charge >= 0.3 is 0 Å². The molecule has 0 bridgehead atoms. The van der Waals surface area contributed by atoms with E-state index in [4.69, 9.17) is 0 Å². The summed E-state index contributed by atoms with van der Waals surface area (Å²) in [5.74, 6) is -2.04. The van der Waals surface area contributed by atoms with E-state index < -0.39 is 28.7 Å². The minimum Gasteiger partial charge on any atom is -0.350 e. The SMILES string of the molecule is Cc1ccc(C(=O)NCCN2C(=O)S/C(=C\c3ccccc3F)C2=O)cc1F. The van der Waals surface area contributed by atoms with Crippen LogP contribution in [-0.2, 0) is 4.79 Å². The molecule has 8 heteroatoms. The summed E-state index contributed by atoms with van der Waals surface area (Å²) in [6.45, 7) is 1.56. The first-order valence-electron chi connectivity index (χ1n) is 8.41. The molecule has 2 aromatic rings. The van der Waals surface area contributed by atoms with Gasteiger partial charge in [-0.05, 0) is 48.5 Å². The second kappa shape index (κ2) is 8.35. The number of amides is 3. The Bertz CT molecular complexity index is 991. The summed E-state index contributed by atoms with van der Waals surface area (Å²) in [6, 6.07) is 10.0. The molecule has 2 aromatic carbocycles. The number of aryl methyl sites for hydroxylation is 1. The van der Waals surface area contributed by atoms with Crippen LogP contribution in [0, 0.1) is 18.6 Å². The van der Waals surface area contributed by atoms with E-state index in [2.05, 4.69) is 5.32 Å². The van der Waals surface area contributed by atoms with Gasteiger partial charge in [-0.3, -0.25) is 19.3 Å². The highest BCUT2D eigenvalue weighted by atomic mass is 32.2. The van der Waals surface area contributed by atoms with Crippen LogP contribution in [0.5, 0.6) is 0 Å². The van der Waals surface area contributed by atoms with Crippen LogP contribution < -0.4 is 5.32 Å². The highest BCUT2D eigenvalue weighted by Crippen LogP contribution is 2.32. The molecule has 1 fully saturated rings. The number of rotatable bonds is 5. The minimum absolute atomic E-state index is 0.0132. The van der Waals surface area contributed by atoms with Crippen LogP contribution >= 0.6 is 11.8 Å². The zero-order valence-electron chi connectivity index (χ0n) is 14.9. The van der Waals surface area contributed by atoms with Crippen molar-refractivity contribution in [2.24, 2.45) is 0 Å². The number of carbonyl (C=O) groups is 3. The lowest BCUT2D eigenvalue weighted by atomic mass is 10.1. The molecule has 0 aliphatic carbocycles. The molecular weight excluding hydrogens is 386 g/mol. The van der Waals surface area contributed by atoms with E-state index in [1.165, 1.54) is 36.4 Å². The number of carbonyl (C=O) groups excluding carboxylic acids is 3. The maximum atomic E-state index is 13.7. The predicted molar refractivity (Wildman–Crippen MR) is 103 cm³/mol. The maximum absolute atomic E-state index is 13.7. The van der Waals surface area contributed by atoms with E-state index in [0.29, 0.717) is 17.3 Å². The van der Waals surface area contributed by atoms with Gasteiger partial charge < -0.3 is 5.32 Å². The quantitative estimate of drug-likeness (QED) is 0.774. The van der Waals surface area contributed by atoms with E-state index >= 15 is 0 Å². The molecule has 0 aromatic heterocycles. The smallest absolute Gasteiger partial charge is 0.293 e. The van der Waals surface area contributed by atoms with Crippen molar-refractivity contribution < 1.29 is 23.2 Å². The Hall–Kier alpha value is -3.00. The van der Waals surface area contributed by atoms with Crippen LogP contribution in [0.3, 0.4) is 0 Å². The van der Waals surface area contributed by atoms with Crippen LogP contribution in [0.1, 0.15) is 21.5 Å². The van der Waals surface area contributed by atoms with Gasteiger partial charge in [0.1, 0.15) is 11.6 Å². The third-order valence-electron chi connectivity index (χ3n) is 4.12. The summed E-state index contributed by atoms with van der Waals surface area (Å²) in [5, 5.41) is 2.05. The Kier molecular flexibility index (Phi) is 5.89. The molecule has 1 saturated heterocycles. The molecule has 3 rings (SSSR count). The number of imide groups is 1. The van der Waals surface area contributed by atoms with E-state index in [-0.39, 0.29) is 29.1 Å². The number of benzene rings is 2. The van der Waals surface area contributed by atoms with Crippen LogP contribution in [-0.4, -0.2) is 35.0 Å². The lowest BCUT2D eigenvalue weighted by Gasteiger charge is -2.13. The van der Waals surface area contributed by atoms with Gasteiger partial charge in [0.05, 0.1) is 4.91 Å². The standard InChI is InChI=1S/C20H16F2N2O3S/c1-12-6-7-14(10-16(12)22)18(25)23-8-9-24-19(26)17(28-20(24)27)11-13-4-2-3-5-15(13)21/h2-7,10-11H,8-9H2,1H3,(H,23,25)/b17-11-. The van der Waals surface area contributed by atoms with E-state index in [1.54, 1.807) is 13.0 Å². The molecule has 144 valence electrons. The molecular formula is C20H16F2N2O3S. The third-order valence-corrected chi connectivity index (χ3v) is 5.03. The van der Waals surface area contributed by atoms with Crippen molar-refractivity contribution in [3.63, 3.8) is 0 Å². The van der Waals surface area contributed by atoms with Gasteiger partial charge in [-0.2, -0.15) is 0 Å². The number of hydrogen-bond acceptors (Lipinski definition) is 4. The van der Waals surface area contributed by atoms with Crippen molar-refractivity contribution in [1.82, 2.24) is 10.2 Å². The number of thioether (sulfide) groups is 1. The Labute approximate surface area is 164 Å². The number of nitrogens with one attached hydrogen (secondary N) is 1. The monoisotopic (exact) mass is 402 g/mol. The van der Waals surface area contributed by atoms with Crippen LogP contribution in [0.4, 0.5) is 13.6 Å². The van der Waals surface area contributed by atoms with Crippen molar-refractivity contribution in [3.05, 3.63) is 75.7 Å². The molecule has 0 atom stereocenters. The zero-order valence-corrected chi connectivity index (χ0v) is 15.7. The van der Waals surface area contributed by atoms with Crippen LogP contribution in [0.25, 0.3) is 6.08 Å². The first-order valence-corrected chi connectivity index (χ1v) is 9.22. The van der Waals surface area contributed by atoms with Crippen molar-refractivity contribution in [1.29, 1.82) is 0 Å². The van der Waals surface area contributed by atoms with Gasteiger partial charge in [0.15, 0.2) is 0 Å². The second-order valence-corrected chi connectivity index (χ2v) is 7.07. The molecule has 1 heterocycles.